The molecule has 0 fully saturated rings. The van der Waals surface area contributed by atoms with E-state index in [1.165, 1.54) is 14.2 Å². The zero-order valence-electron chi connectivity index (χ0n) is 14.9. The van der Waals surface area contributed by atoms with Gasteiger partial charge < -0.3 is 20.1 Å². The van der Waals surface area contributed by atoms with E-state index in [4.69, 9.17) is 21.1 Å². The number of rotatable bonds is 7. The molecular weight excluding hydrogens is 356 g/mol. The number of hydrogen-bond acceptors (Lipinski definition) is 4. The molecule has 6 nitrogen and oxygen atoms in total. The average molecular weight is 377 g/mol. The minimum atomic E-state index is -0.315. The van der Waals surface area contributed by atoms with Crippen LogP contribution >= 0.6 is 11.6 Å². The highest BCUT2D eigenvalue weighted by molar-refractivity contribution is 6.30. The van der Waals surface area contributed by atoms with Gasteiger partial charge in [-0.1, -0.05) is 18.5 Å². The highest BCUT2D eigenvalue weighted by Gasteiger charge is 2.16. The molecule has 0 aromatic heterocycles. The number of halogens is 1. The van der Waals surface area contributed by atoms with Gasteiger partial charge in [-0.15, -0.1) is 0 Å². The van der Waals surface area contributed by atoms with Crippen LogP contribution in [0.2, 0.25) is 5.02 Å². The van der Waals surface area contributed by atoms with E-state index in [9.17, 15) is 9.59 Å². The van der Waals surface area contributed by atoms with Gasteiger partial charge in [0.25, 0.3) is 5.91 Å². The molecule has 0 aliphatic heterocycles. The van der Waals surface area contributed by atoms with Crippen LogP contribution < -0.4 is 20.1 Å². The smallest absolute Gasteiger partial charge is 0.255 e. The van der Waals surface area contributed by atoms with Crippen molar-refractivity contribution in [2.45, 2.75) is 19.8 Å². The van der Waals surface area contributed by atoms with Gasteiger partial charge in [0.15, 0.2) is 0 Å². The number of hydrogen-bond donors (Lipinski definition) is 2. The van der Waals surface area contributed by atoms with Gasteiger partial charge in [-0.05, 0) is 30.7 Å². The van der Waals surface area contributed by atoms with E-state index in [1.807, 2.05) is 6.92 Å². The average Bonchev–Trinajstić information content (AvgIpc) is 2.63. The van der Waals surface area contributed by atoms with E-state index in [0.717, 1.165) is 6.42 Å². The molecule has 7 heteroatoms. The molecule has 0 aliphatic rings. The summed E-state index contributed by atoms with van der Waals surface area (Å²) in [6, 6.07) is 9.75. The van der Waals surface area contributed by atoms with Gasteiger partial charge in [-0.2, -0.15) is 0 Å². The van der Waals surface area contributed by atoms with Crippen molar-refractivity contribution in [1.29, 1.82) is 0 Å². The van der Waals surface area contributed by atoms with Crippen molar-refractivity contribution in [3.05, 3.63) is 47.0 Å². The van der Waals surface area contributed by atoms with Crippen LogP contribution in [0.1, 0.15) is 30.1 Å². The van der Waals surface area contributed by atoms with Gasteiger partial charge in [0.05, 0.1) is 25.6 Å². The lowest BCUT2D eigenvalue weighted by atomic mass is 10.2. The molecule has 0 radical (unpaired) electrons. The molecule has 0 bridgehead atoms. The Hall–Kier alpha value is -2.73. The Kier molecular flexibility index (Phi) is 6.86. The number of anilines is 2. The highest BCUT2D eigenvalue weighted by atomic mass is 35.5. The molecule has 2 N–H and O–H groups in total. The Labute approximate surface area is 157 Å². The van der Waals surface area contributed by atoms with Gasteiger partial charge in [0.2, 0.25) is 5.91 Å². The summed E-state index contributed by atoms with van der Waals surface area (Å²) in [6.07, 6.45) is 1.14. The molecule has 2 aromatic carbocycles. The minimum Gasteiger partial charge on any atom is -0.494 e. The summed E-state index contributed by atoms with van der Waals surface area (Å²) in [5.74, 6) is 0.386. The lowest BCUT2D eigenvalue weighted by Gasteiger charge is -2.16. The number of methoxy groups -OCH3 is 2. The predicted molar refractivity (Wildman–Crippen MR) is 102 cm³/mol. The first-order valence-corrected chi connectivity index (χ1v) is 8.49. The summed E-state index contributed by atoms with van der Waals surface area (Å²) in [4.78, 5) is 24.3. The molecular formula is C19H21ClN2O4. The summed E-state index contributed by atoms with van der Waals surface area (Å²) in [7, 11) is 2.97. The molecule has 138 valence electrons. The SMILES string of the molecule is CCCC(=O)Nc1cc(OC)c(NC(=O)c2ccc(Cl)cc2)cc1OC. The zero-order valence-corrected chi connectivity index (χ0v) is 15.6. The Morgan fingerprint density at radius 2 is 1.50 bits per heavy atom. The molecule has 26 heavy (non-hydrogen) atoms. The van der Waals surface area contributed by atoms with E-state index in [-0.39, 0.29) is 11.8 Å². The van der Waals surface area contributed by atoms with Crippen molar-refractivity contribution in [3.8, 4) is 11.5 Å². The van der Waals surface area contributed by atoms with E-state index >= 15 is 0 Å². The Morgan fingerprint density at radius 3 is 2.00 bits per heavy atom. The van der Waals surface area contributed by atoms with Crippen LogP contribution in [0.25, 0.3) is 0 Å². The highest BCUT2D eigenvalue weighted by Crippen LogP contribution is 2.36. The fourth-order valence-corrected chi connectivity index (χ4v) is 2.45. The lowest BCUT2D eigenvalue weighted by Crippen LogP contribution is -2.14. The maximum atomic E-state index is 12.4. The number of amides is 2. The van der Waals surface area contributed by atoms with Crippen molar-refractivity contribution < 1.29 is 19.1 Å². The number of benzene rings is 2. The molecule has 2 aromatic rings. The van der Waals surface area contributed by atoms with E-state index in [2.05, 4.69) is 10.6 Å². The molecule has 0 spiro atoms. The third-order valence-corrected chi connectivity index (χ3v) is 3.88. The largest absolute Gasteiger partial charge is 0.494 e. The van der Waals surface area contributed by atoms with E-state index < -0.39 is 0 Å². The van der Waals surface area contributed by atoms with Crippen LogP contribution in [0.15, 0.2) is 36.4 Å². The first-order chi connectivity index (χ1) is 12.5. The molecule has 0 aliphatic carbocycles. The van der Waals surface area contributed by atoms with Crippen molar-refractivity contribution >= 4 is 34.8 Å². The van der Waals surface area contributed by atoms with Crippen LogP contribution in [0.3, 0.4) is 0 Å². The van der Waals surface area contributed by atoms with Gasteiger partial charge in [-0.25, -0.2) is 0 Å². The molecule has 0 unspecified atom stereocenters. The molecule has 0 saturated heterocycles. The third kappa shape index (κ3) is 4.89. The zero-order chi connectivity index (χ0) is 19.1. The van der Waals surface area contributed by atoms with Crippen molar-refractivity contribution in [1.82, 2.24) is 0 Å². The molecule has 2 amide bonds. The molecule has 2 rings (SSSR count). The first kappa shape index (κ1) is 19.6. The standard InChI is InChI=1S/C19H21ClN2O4/c1-4-5-18(23)21-14-10-17(26-3)15(11-16(14)25-2)22-19(24)12-6-8-13(20)9-7-12/h6-11H,4-5H2,1-3H3,(H,21,23)(H,22,24). The summed E-state index contributed by atoms with van der Waals surface area (Å²) >= 11 is 5.84. The Balaban J connectivity index is 2.28. The van der Waals surface area contributed by atoms with Crippen molar-refractivity contribution in [2.75, 3.05) is 24.9 Å². The maximum absolute atomic E-state index is 12.4. The first-order valence-electron chi connectivity index (χ1n) is 8.11. The normalized spacial score (nSPS) is 10.2. The molecule has 0 atom stereocenters. The van der Waals surface area contributed by atoms with Crippen LogP contribution in [0.4, 0.5) is 11.4 Å². The quantitative estimate of drug-likeness (QED) is 0.753. The topological polar surface area (TPSA) is 76.7 Å². The van der Waals surface area contributed by atoms with Gasteiger partial charge in [0, 0.05) is 29.1 Å². The second-order valence-corrected chi connectivity index (χ2v) is 5.95. The number of carbonyl (C=O) groups excluding carboxylic acids is 2. The van der Waals surface area contributed by atoms with Crippen LogP contribution in [0.5, 0.6) is 11.5 Å². The Bertz CT molecular complexity index is 791. The monoisotopic (exact) mass is 376 g/mol. The second kappa shape index (κ2) is 9.10. The van der Waals surface area contributed by atoms with E-state index in [1.54, 1.807) is 36.4 Å². The second-order valence-electron chi connectivity index (χ2n) is 5.51. The number of carbonyl (C=O) groups is 2. The fraction of sp³-hybridized carbons (Fsp3) is 0.263. The maximum Gasteiger partial charge on any atom is 0.255 e. The van der Waals surface area contributed by atoms with Gasteiger partial charge >= 0.3 is 0 Å². The van der Waals surface area contributed by atoms with Crippen molar-refractivity contribution in [3.63, 3.8) is 0 Å². The Morgan fingerprint density at radius 1 is 0.962 bits per heavy atom. The third-order valence-electron chi connectivity index (χ3n) is 3.63. The predicted octanol–water partition coefficient (Wildman–Crippen LogP) is 4.35. The summed E-state index contributed by atoms with van der Waals surface area (Å²) in [5.41, 5.74) is 1.36. The summed E-state index contributed by atoms with van der Waals surface area (Å²) in [5, 5.41) is 6.11. The van der Waals surface area contributed by atoms with Gasteiger partial charge in [-0.3, -0.25) is 9.59 Å². The van der Waals surface area contributed by atoms with E-state index in [0.29, 0.717) is 39.9 Å². The number of ether oxygens (including phenoxy) is 2. The summed E-state index contributed by atoms with van der Waals surface area (Å²) < 4.78 is 10.7. The lowest BCUT2D eigenvalue weighted by molar-refractivity contribution is -0.116. The van der Waals surface area contributed by atoms with Gasteiger partial charge in [0.1, 0.15) is 11.5 Å². The van der Waals surface area contributed by atoms with Crippen LogP contribution in [0, 0.1) is 0 Å². The minimum absolute atomic E-state index is 0.120. The van der Waals surface area contributed by atoms with Crippen molar-refractivity contribution in [2.24, 2.45) is 0 Å². The fourth-order valence-electron chi connectivity index (χ4n) is 2.33. The number of nitrogens with one attached hydrogen (secondary N) is 2. The molecule has 0 heterocycles. The van der Waals surface area contributed by atoms with Crippen LogP contribution in [-0.2, 0) is 4.79 Å². The van der Waals surface area contributed by atoms with Crippen LogP contribution in [-0.4, -0.2) is 26.0 Å². The summed E-state index contributed by atoms with van der Waals surface area (Å²) in [6.45, 7) is 1.92. The molecule has 0 saturated carbocycles.